The van der Waals surface area contributed by atoms with Crippen LogP contribution in [0.15, 0.2) is 70.0 Å². The van der Waals surface area contributed by atoms with E-state index < -0.39 is 0 Å². The molecule has 5 nitrogen and oxygen atoms in total. The average molecular weight is 361 g/mol. The second kappa shape index (κ2) is 7.51. The number of pyridine rings is 1. The van der Waals surface area contributed by atoms with Gasteiger partial charge in [-0.3, -0.25) is 4.79 Å². The Morgan fingerprint density at radius 3 is 2.67 bits per heavy atom. The average Bonchev–Trinajstić information content (AvgIpc) is 3.02. The third kappa shape index (κ3) is 3.64. The molecule has 2 heterocycles. The molecule has 1 aliphatic rings. The maximum atomic E-state index is 11.4. The van der Waals surface area contributed by atoms with Crippen LogP contribution in [-0.4, -0.2) is 23.3 Å². The number of aliphatic hydroxyl groups excluding tert-OH is 1. The topological polar surface area (TPSA) is 75.5 Å². The van der Waals surface area contributed by atoms with Gasteiger partial charge in [0, 0.05) is 34.2 Å². The standard InChI is InChI=1S/C22H19NO4/c24-11-12-26-18-8-5-15(6-9-18)20-13-16-3-1-2-4-19(22(16)27-20)17-7-10-21(25)23-14-17/h2-10,13-14,24H,1,11-12H2,(H,23,25). The molecule has 0 bridgehead atoms. The summed E-state index contributed by atoms with van der Waals surface area (Å²) in [6.45, 7) is 0.256. The molecule has 0 saturated carbocycles. The highest BCUT2D eigenvalue weighted by atomic mass is 16.5. The SMILES string of the molecule is O=c1ccc(C2=c3oc(-c4ccc(OCCO)cc4)cc3=CCC=C2)c[nH]1. The maximum Gasteiger partial charge on any atom is 0.247 e. The van der Waals surface area contributed by atoms with E-state index in [1.807, 2.05) is 36.4 Å². The van der Waals surface area contributed by atoms with Crippen LogP contribution in [0.25, 0.3) is 23.0 Å². The fourth-order valence-electron chi connectivity index (χ4n) is 3.05. The minimum Gasteiger partial charge on any atom is -0.491 e. The first-order valence-electron chi connectivity index (χ1n) is 8.79. The first-order valence-corrected chi connectivity index (χ1v) is 8.79. The lowest BCUT2D eigenvalue weighted by Gasteiger charge is -2.04. The van der Waals surface area contributed by atoms with Gasteiger partial charge in [0.15, 0.2) is 0 Å². The number of aliphatic hydroxyl groups is 1. The van der Waals surface area contributed by atoms with Crippen LogP contribution in [-0.2, 0) is 0 Å². The van der Waals surface area contributed by atoms with Crippen molar-refractivity contribution in [3.63, 3.8) is 0 Å². The Balaban J connectivity index is 1.78. The highest BCUT2D eigenvalue weighted by Crippen LogP contribution is 2.22. The summed E-state index contributed by atoms with van der Waals surface area (Å²) in [5.74, 6) is 1.47. The Morgan fingerprint density at radius 2 is 1.93 bits per heavy atom. The van der Waals surface area contributed by atoms with Crippen LogP contribution in [0.3, 0.4) is 0 Å². The fraction of sp³-hybridized carbons (Fsp3) is 0.136. The largest absolute Gasteiger partial charge is 0.491 e. The van der Waals surface area contributed by atoms with Crippen LogP contribution < -0.4 is 20.9 Å². The molecule has 0 radical (unpaired) electrons. The predicted molar refractivity (Wildman–Crippen MR) is 104 cm³/mol. The number of furan rings is 1. The number of ether oxygens (including phenoxy) is 1. The number of benzene rings is 1. The molecule has 136 valence electrons. The molecule has 0 atom stereocenters. The molecule has 5 heteroatoms. The number of aromatic nitrogens is 1. The number of aromatic amines is 1. The minimum atomic E-state index is -0.132. The van der Waals surface area contributed by atoms with Crippen LogP contribution in [0.1, 0.15) is 12.0 Å². The molecule has 1 aromatic carbocycles. The lowest BCUT2D eigenvalue weighted by Crippen LogP contribution is -2.21. The fourth-order valence-corrected chi connectivity index (χ4v) is 3.05. The molecule has 0 amide bonds. The van der Waals surface area contributed by atoms with Gasteiger partial charge in [0.2, 0.25) is 5.56 Å². The van der Waals surface area contributed by atoms with Gasteiger partial charge in [-0.15, -0.1) is 0 Å². The van der Waals surface area contributed by atoms with Crippen LogP contribution >= 0.6 is 0 Å². The summed E-state index contributed by atoms with van der Waals surface area (Å²) in [5.41, 5.74) is 3.43. The van der Waals surface area contributed by atoms with Gasteiger partial charge in [0.1, 0.15) is 23.5 Å². The van der Waals surface area contributed by atoms with Gasteiger partial charge in [-0.1, -0.05) is 18.2 Å². The number of hydrogen-bond acceptors (Lipinski definition) is 4. The molecular weight excluding hydrogens is 342 g/mol. The van der Waals surface area contributed by atoms with Crippen LogP contribution in [0.2, 0.25) is 0 Å². The second-order valence-corrected chi connectivity index (χ2v) is 6.19. The van der Waals surface area contributed by atoms with Gasteiger partial charge in [-0.25, -0.2) is 0 Å². The summed E-state index contributed by atoms with van der Waals surface area (Å²) in [6.07, 6.45) is 8.73. The van der Waals surface area contributed by atoms with E-state index in [0.29, 0.717) is 5.75 Å². The number of nitrogens with one attached hydrogen (secondary N) is 1. The highest BCUT2D eigenvalue weighted by Gasteiger charge is 2.10. The number of hydrogen-bond donors (Lipinski definition) is 2. The van der Waals surface area contributed by atoms with E-state index in [4.69, 9.17) is 14.3 Å². The molecule has 3 aromatic rings. The van der Waals surface area contributed by atoms with E-state index in [1.54, 1.807) is 12.3 Å². The van der Waals surface area contributed by atoms with Crippen molar-refractivity contribution in [2.45, 2.75) is 6.42 Å². The molecule has 0 spiro atoms. The first kappa shape index (κ1) is 17.1. The summed E-state index contributed by atoms with van der Waals surface area (Å²) >= 11 is 0. The van der Waals surface area contributed by atoms with Gasteiger partial charge in [-0.05, 0) is 42.8 Å². The summed E-state index contributed by atoms with van der Waals surface area (Å²) in [7, 11) is 0. The van der Waals surface area contributed by atoms with E-state index in [9.17, 15) is 4.79 Å². The minimum absolute atomic E-state index is 0.0145. The van der Waals surface area contributed by atoms with Crippen LogP contribution in [0.5, 0.6) is 5.75 Å². The summed E-state index contributed by atoms with van der Waals surface area (Å²) in [5, 5.41) is 9.86. The summed E-state index contributed by atoms with van der Waals surface area (Å²) in [4.78, 5) is 14.1. The second-order valence-electron chi connectivity index (χ2n) is 6.19. The lowest BCUT2D eigenvalue weighted by molar-refractivity contribution is 0.201. The number of fused-ring (bicyclic) bond motifs is 1. The van der Waals surface area contributed by atoms with Crippen molar-refractivity contribution >= 4 is 11.6 Å². The Bertz CT molecular complexity index is 1130. The number of rotatable bonds is 5. The van der Waals surface area contributed by atoms with Gasteiger partial charge in [0.25, 0.3) is 0 Å². The molecule has 0 unspecified atom stereocenters. The quantitative estimate of drug-likeness (QED) is 0.728. The van der Waals surface area contributed by atoms with E-state index >= 15 is 0 Å². The molecule has 0 saturated heterocycles. The Labute approximate surface area is 155 Å². The molecule has 0 aliphatic heterocycles. The summed E-state index contributed by atoms with van der Waals surface area (Å²) in [6, 6.07) is 12.9. The van der Waals surface area contributed by atoms with Crippen LogP contribution in [0, 0.1) is 0 Å². The molecule has 27 heavy (non-hydrogen) atoms. The predicted octanol–water partition coefficient (Wildman–Crippen LogP) is 1.95. The van der Waals surface area contributed by atoms with Crippen molar-refractivity contribution in [1.29, 1.82) is 0 Å². The summed E-state index contributed by atoms with van der Waals surface area (Å²) < 4.78 is 11.6. The normalized spacial score (nSPS) is 13.0. The van der Waals surface area contributed by atoms with Gasteiger partial charge < -0.3 is 19.2 Å². The molecule has 4 rings (SSSR count). The smallest absolute Gasteiger partial charge is 0.247 e. The van der Waals surface area contributed by atoms with Gasteiger partial charge in [-0.2, -0.15) is 0 Å². The van der Waals surface area contributed by atoms with Gasteiger partial charge >= 0.3 is 0 Å². The molecule has 2 N–H and O–H groups in total. The van der Waals surface area contributed by atoms with Crippen molar-refractivity contribution in [3.8, 4) is 17.1 Å². The Morgan fingerprint density at radius 1 is 1.11 bits per heavy atom. The zero-order valence-electron chi connectivity index (χ0n) is 14.6. The maximum absolute atomic E-state index is 11.4. The Kier molecular flexibility index (Phi) is 4.77. The van der Waals surface area contributed by atoms with E-state index in [1.165, 1.54) is 6.07 Å². The van der Waals surface area contributed by atoms with E-state index in [-0.39, 0.29) is 18.8 Å². The van der Waals surface area contributed by atoms with Crippen molar-refractivity contribution in [1.82, 2.24) is 4.98 Å². The first-order chi connectivity index (χ1) is 13.2. The van der Waals surface area contributed by atoms with Crippen LogP contribution in [0.4, 0.5) is 0 Å². The molecule has 2 aromatic heterocycles. The Hall–Kier alpha value is -3.31. The third-order valence-corrected chi connectivity index (χ3v) is 4.36. The zero-order chi connectivity index (χ0) is 18.6. The molecule has 0 fully saturated rings. The van der Waals surface area contributed by atoms with Gasteiger partial charge in [0.05, 0.1) is 6.61 Å². The lowest BCUT2D eigenvalue weighted by atomic mass is 10.1. The molecule has 1 aliphatic carbocycles. The van der Waals surface area contributed by atoms with E-state index in [0.717, 1.165) is 39.5 Å². The monoisotopic (exact) mass is 361 g/mol. The van der Waals surface area contributed by atoms with Crippen molar-refractivity contribution in [3.05, 3.63) is 87.4 Å². The molecular formula is C22H19NO4. The van der Waals surface area contributed by atoms with E-state index in [2.05, 4.69) is 17.1 Å². The van der Waals surface area contributed by atoms with Crippen molar-refractivity contribution in [2.75, 3.05) is 13.2 Å². The zero-order valence-corrected chi connectivity index (χ0v) is 14.6. The third-order valence-electron chi connectivity index (χ3n) is 4.36. The highest BCUT2D eigenvalue weighted by molar-refractivity contribution is 5.74. The van der Waals surface area contributed by atoms with Crippen molar-refractivity contribution < 1.29 is 14.3 Å². The van der Waals surface area contributed by atoms with Crippen molar-refractivity contribution in [2.24, 2.45) is 0 Å². The number of allylic oxidation sites excluding steroid dienone is 2. The number of H-pyrrole nitrogens is 1.